The van der Waals surface area contributed by atoms with Gasteiger partial charge in [-0.05, 0) is 55.2 Å². The lowest BCUT2D eigenvalue weighted by atomic mass is 9.96. The summed E-state index contributed by atoms with van der Waals surface area (Å²) in [5.74, 6) is 0.205. The standard InChI is InChI=1S/C33H38N8O4/c1-20-25(5-4-6-26(20)40-32(44)27-9-7-22(16-37-27)15-34-13-14-42)31-21(2)24(11-12-36-31)28-19-38-29(33(41-28)45-3)18-35-17-23-8-10-30(43)39-23/h4-7,9,11-12,16,19,23,34-35,42H,8,10,13-15,17-18H2,1-3H3,(H,39,43)(H,40,44)/t23-/m0/s1. The summed E-state index contributed by atoms with van der Waals surface area (Å²) < 4.78 is 5.58. The van der Waals surface area contributed by atoms with E-state index >= 15 is 0 Å². The molecule has 1 fully saturated rings. The van der Waals surface area contributed by atoms with Gasteiger partial charge in [-0.1, -0.05) is 18.2 Å². The number of rotatable bonds is 13. The summed E-state index contributed by atoms with van der Waals surface area (Å²) >= 11 is 0. The fourth-order valence-corrected chi connectivity index (χ4v) is 5.28. The van der Waals surface area contributed by atoms with Crippen molar-refractivity contribution < 1.29 is 19.4 Å². The van der Waals surface area contributed by atoms with Crippen molar-refractivity contribution in [2.75, 3.05) is 32.1 Å². The number of aromatic nitrogens is 4. The van der Waals surface area contributed by atoms with Gasteiger partial charge >= 0.3 is 0 Å². The minimum Gasteiger partial charge on any atom is -0.480 e. The molecule has 0 radical (unpaired) electrons. The molecule has 12 nitrogen and oxygen atoms in total. The van der Waals surface area contributed by atoms with Crippen LogP contribution in [0.5, 0.6) is 5.88 Å². The first-order chi connectivity index (χ1) is 21.9. The zero-order chi connectivity index (χ0) is 31.8. The number of ether oxygens (including phenoxy) is 1. The molecule has 45 heavy (non-hydrogen) atoms. The van der Waals surface area contributed by atoms with E-state index in [1.54, 1.807) is 31.8 Å². The average Bonchev–Trinajstić information content (AvgIpc) is 3.47. The van der Waals surface area contributed by atoms with Crippen molar-refractivity contribution in [2.45, 2.75) is 45.8 Å². The second-order valence-corrected chi connectivity index (χ2v) is 10.9. The summed E-state index contributed by atoms with van der Waals surface area (Å²) in [7, 11) is 1.57. The second-order valence-electron chi connectivity index (χ2n) is 10.9. The van der Waals surface area contributed by atoms with Gasteiger partial charge in [0.15, 0.2) is 0 Å². The Morgan fingerprint density at radius 1 is 1.02 bits per heavy atom. The van der Waals surface area contributed by atoms with Gasteiger partial charge in [0.25, 0.3) is 5.91 Å². The maximum absolute atomic E-state index is 13.0. The number of anilines is 1. The average molecular weight is 611 g/mol. The monoisotopic (exact) mass is 610 g/mol. The highest BCUT2D eigenvalue weighted by Gasteiger charge is 2.21. The minimum absolute atomic E-state index is 0.0599. The van der Waals surface area contributed by atoms with Crippen molar-refractivity contribution in [3.63, 3.8) is 0 Å². The maximum atomic E-state index is 13.0. The Bertz CT molecular complexity index is 1660. The van der Waals surface area contributed by atoms with Gasteiger partial charge in [0.1, 0.15) is 11.4 Å². The Balaban J connectivity index is 1.32. The van der Waals surface area contributed by atoms with Crippen molar-refractivity contribution in [3.05, 3.63) is 83.1 Å². The minimum atomic E-state index is -0.312. The Labute approximate surface area is 262 Å². The lowest BCUT2D eigenvalue weighted by Gasteiger charge is -2.16. The third-order valence-corrected chi connectivity index (χ3v) is 7.77. The van der Waals surface area contributed by atoms with Crippen LogP contribution < -0.4 is 26.0 Å². The number of nitrogens with zero attached hydrogens (tertiary/aromatic N) is 4. The van der Waals surface area contributed by atoms with Crippen molar-refractivity contribution in [1.82, 2.24) is 35.9 Å². The van der Waals surface area contributed by atoms with Gasteiger partial charge < -0.3 is 31.1 Å². The summed E-state index contributed by atoms with van der Waals surface area (Å²) in [5, 5.41) is 21.3. The number of hydrogen-bond donors (Lipinski definition) is 5. The summed E-state index contributed by atoms with van der Waals surface area (Å²) in [4.78, 5) is 42.9. The van der Waals surface area contributed by atoms with E-state index in [1.807, 2.05) is 44.2 Å². The van der Waals surface area contributed by atoms with Gasteiger partial charge in [-0.3, -0.25) is 24.5 Å². The SMILES string of the molecule is COc1nc(-c2ccnc(-c3cccc(NC(=O)c4ccc(CNCCO)cn4)c3C)c2C)cnc1CNC[C@@H]1CCC(=O)N1. The molecule has 234 valence electrons. The molecule has 1 aliphatic rings. The van der Waals surface area contributed by atoms with Crippen LogP contribution in [0, 0.1) is 13.8 Å². The Kier molecular flexibility index (Phi) is 10.4. The molecule has 2 amide bonds. The molecule has 4 heterocycles. The van der Waals surface area contributed by atoms with Crippen molar-refractivity contribution in [1.29, 1.82) is 0 Å². The molecule has 5 N–H and O–H groups in total. The predicted octanol–water partition coefficient (Wildman–Crippen LogP) is 2.93. The molecule has 3 aromatic heterocycles. The van der Waals surface area contributed by atoms with E-state index in [0.717, 1.165) is 39.9 Å². The highest BCUT2D eigenvalue weighted by molar-refractivity contribution is 6.03. The molecule has 0 bridgehead atoms. The highest BCUT2D eigenvalue weighted by atomic mass is 16.5. The fourth-order valence-electron chi connectivity index (χ4n) is 5.28. The van der Waals surface area contributed by atoms with Gasteiger partial charge in [-0.25, -0.2) is 4.98 Å². The van der Waals surface area contributed by atoms with Gasteiger partial charge in [0.2, 0.25) is 11.8 Å². The number of nitrogens with one attached hydrogen (secondary N) is 4. The van der Waals surface area contributed by atoms with Crippen molar-refractivity contribution >= 4 is 17.5 Å². The van der Waals surface area contributed by atoms with Gasteiger partial charge in [0, 0.05) is 67.8 Å². The topological polar surface area (TPSA) is 163 Å². The number of methoxy groups -OCH3 is 1. The van der Waals surface area contributed by atoms with Gasteiger partial charge in [-0.15, -0.1) is 0 Å². The number of hydrogen-bond acceptors (Lipinski definition) is 10. The van der Waals surface area contributed by atoms with Crippen LogP contribution in [0.2, 0.25) is 0 Å². The fraction of sp³-hybridized carbons (Fsp3) is 0.333. The van der Waals surface area contributed by atoms with Crippen LogP contribution in [0.3, 0.4) is 0 Å². The highest BCUT2D eigenvalue weighted by Crippen LogP contribution is 2.34. The number of pyridine rings is 2. The van der Waals surface area contributed by atoms with E-state index < -0.39 is 0 Å². The van der Waals surface area contributed by atoms with Crippen LogP contribution in [0.15, 0.2) is 55.0 Å². The number of benzene rings is 1. The van der Waals surface area contributed by atoms with E-state index in [4.69, 9.17) is 19.8 Å². The first-order valence-electron chi connectivity index (χ1n) is 14.9. The van der Waals surface area contributed by atoms with Gasteiger partial charge in [0.05, 0.1) is 31.3 Å². The Hall–Kier alpha value is -4.78. The zero-order valence-corrected chi connectivity index (χ0v) is 25.7. The number of carbonyl (C=O) groups is 2. The first-order valence-corrected chi connectivity index (χ1v) is 14.9. The van der Waals surface area contributed by atoms with Crippen molar-refractivity contribution in [2.24, 2.45) is 0 Å². The molecule has 1 atom stereocenters. The van der Waals surface area contributed by atoms with E-state index in [9.17, 15) is 9.59 Å². The smallest absolute Gasteiger partial charge is 0.274 e. The molecule has 12 heteroatoms. The zero-order valence-electron chi connectivity index (χ0n) is 25.7. The molecule has 0 aliphatic carbocycles. The number of aliphatic hydroxyl groups excluding tert-OH is 1. The molecule has 5 rings (SSSR count). The first kappa shape index (κ1) is 31.6. The molecular weight excluding hydrogens is 572 g/mol. The third-order valence-electron chi connectivity index (χ3n) is 7.77. The lowest BCUT2D eigenvalue weighted by molar-refractivity contribution is -0.119. The Morgan fingerprint density at radius 3 is 2.62 bits per heavy atom. The number of amides is 2. The van der Waals surface area contributed by atoms with E-state index in [-0.39, 0.29) is 24.5 Å². The van der Waals surface area contributed by atoms with Crippen LogP contribution in [0.4, 0.5) is 5.69 Å². The molecule has 4 aromatic rings. The second kappa shape index (κ2) is 14.8. The van der Waals surface area contributed by atoms with Crippen molar-refractivity contribution in [3.8, 4) is 28.4 Å². The van der Waals surface area contributed by atoms with Crippen LogP contribution >= 0.6 is 0 Å². The Morgan fingerprint density at radius 2 is 1.89 bits per heavy atom. The third kappa shape index (κ3) is 7.66. The summed E-state index contributed by atoms with van der Waals surface area (Å²) in [6, 6.07) is 11.3. The molecule has 1 saturated heterocycles. The van der Waals surface area contributed by atoms with E-state index in [2.05, 4.69) is 31.2 Å². The summed E-state index contributed by atoms with van der Waals surface area (Å²) in [6.45, 7) is 6.16. The molecule has 0 unspecified atom stereocenters. The molecule has 1 aromatic carbocycles. The lowest BCUT2D eigenvalue weighted by Crippen LogP contribution is -2.35. The summed E-state index contributed by atoms with van der Waals surface area (Å²) in [6.07, 6.45) is 6.51. The van der Waals surface area contributed by atoms with Crippen LogP contribution in [-0.2, 0) is 17.9 Å². The van der Waals surface area contributed by atoms with E-state index in [0.29, 0.717) is 61.2 Å². The summed E-state index contributed by atoms with van der Waals surface area (Å²) in [5.41, 5.74) is 7.52. The van der Waals surface area contributed by atoms with E-state index in [1.165, 1.54) is 0 Å². The van der Waals surface area contributed by atoms with Crippen LogP contribution in [0.25, 0.3) is 22.5 Å². The van der Waals surface area contributed by atoms with Crippen LogP contribution in [0.1, 0.15) is 45.7 Å². The molecule has 0 saturated carbocycles. The number of carbonyl (C=O) groups excluding carboxylic acids is 2. The predicted molar refractivity (Wildman–Crippen MR) is 171 cm³/mol. The molecule has 0 spiro atoms. The van der Waals surface area contributed by atoms with Gasteiger partial charge in [-0.2, -0.15) is 0 Å². The largest absolute Gasteiger partial charge is 0.480 e. The quantitative estimate of drug-likeness (QED) is 0.142. The molecular formula is C33H38N8O4. The molecule has 1 aliphatic heterocycles. The van der Waals surface area contributed by atoms with Crippen LogP contribution in [-0.4, -0.2) is 69.7 Å². The number of aliphatic hydroxyl groups is 1. The maximum Gasteiger partial charge on any atom is 0.274 e. The normalized spacial score (nSPS) is 14.3.